The van der Waals surface area contributed by atoms with Crippen molar-refractivity contribution in [3.8, 4) is 11.6 Å². The molecule has 0 bridgehead atoms. The van der Waals surface area contributed by atoms with Gasteiger partial charge in [0, 0.05) is 43.5 Å². The number of carbonyl (C=O) groups excluding carboxylic acids is 1. The van der Waals surface area contributed by atoms with E-state index in [0.29, 0.717) is 18.8 Å². The molecule has 3 heterocycles. The molecule has 0 radical (unpaired) electrons. The van der Waals surface area contributed by atoms with Gasteiger partial charge in [-0.15, -0.1) is 0 Å². The van der Waals surface area contributed by atoms with Crippen LogP contribution in [0, 0.1) is 5.82 Å². The zero-order chi connectivity index (χ0) is 20.9. The third-order valence-electron chi connectivity index (χ3n) is 5.40. The van der Waals surface area contributed by atoms with Gasteiger partial charge in [-0.3, -0.25) is 9.36 Å². The maximum atomic E-state index is 13.0. The van der Waals surface area contributed by atoms with Crippen LogP contribution in [-0.4, -0.2) is 45.0 Å². The van der Waals surface area contributed by atoms with E-state index < -0.39 is 0 Å². The van der Waals surface area contributed by atoms with Gasteiger partial charge >= 0.3 is 0 Å². The van der Waals surface area contributed by atoms with Gasteiger partial charge in [-0.05, 0) is 49.2 Å². The zero-order valence-electron chi connectivity index (χ0n) is 17.0. The second-order valence-electron chi connectivity index (χ2n) is 7.41. The summed E-state index contributed by atoms with van der Waals surface area (Å²) in [5.74, 6) is 2.09. The molecule has 0 saturated carbocycles. The van der Waals surface area contributed by atoms with Crippen molar-refractivity contribution in [3.63, 3.8) is 0 Å². The highest BCUT2D eigenvalue weighted by molar-refractivity contribution is 5.78. The fourth-order valence-corrected chi connectivity index (χ4v) is 3.82. The lowest BCUT2D eigenvalue weighted by molar-refractivity contribution is -0.134. The number of nitrogens with zero attached hydrogens (tertiary/aromatic N) is 4. The number of pyridine rings is 1. The lowest BCUT2D eigenvalue weighted by Gasteiger charge is -2.32. The first-order valence-electron chi connectivity index (χ1n) is 10.3. The first-order chi connectivity index (χ1) is 14.6. The summed E-state index contributed by atoms with van der Waals surface area (Å²) in [4.78, 5) is 23.7. The van der Waals surface area contributed by atoms with E-state index in [1.807, 2.05) is 33.9 Å². The van der Waals surface area contributed by atoms with E-state index in [1.165, 1.54) is 24.3 Å². The molecule has 1 aromatic carbocycles. The van der Waals surface area contributed by atoms with E-state index in [4.69, 9.17) is 9.72 Å². The molecule has 3 aromatic rings. The average molecular weight is 408 g/mol. The lowest BCUT2D eigenvalue weighted by atomic mass is 9.94. The molecule has 30 heavy (non-hydrogen) atoms. The number of amides is 1. The summed E-state index contributed by atoms with van der Waals surface area (Å²) < 4.78 is 20.5. The SMILES string of the molecule is CCc1nccn1-c1cccc([C@@H]2CCCN(C(=O)COc3ccc(F)cc3)C2)n1. The predicted octanol–water partition coefficient (Wildman–Crippen LogP) is 3.75. The van der Waals surface area contributed by atoms with E-state index in [1.54, 1.807) is 6.20 Å². The Balaban J connectivity index is 1.41. The van der Waals surface area contributed by atoms with Crippen molar-refractivity contribution in [2.45, 2.75) is 32.1 Å². The summed E-state index contributed by atoms with van der Waals surface area (Å²) in [5, 5.41) is 0. The molecular weight excluding hydrogens is 383 g/mol. The van der Waals surface area contributed by atoms with E-state index in [9.17, 15) is 9.18 Å². The van der Waals surface area contributed by atoms with Gasteiger partial charge in [0.05, 0.1) is 0 Å². The van der Waals surface area contributed by atoms with E-state index in [-0.39, 0.29) is 24.2 Å². The summed E-state index contributed by atoms with van der Waals surface area (Å²) in [6.07, 6.45) is 6.45. The van der Waals surface area contributed by atoms with Gasteiger partial charge in [0.2, 0.25) is 0 Å². The highest BCUT2D eigenvalue weighted by Gasteiger charge is 2.26. The van der Waals surface area contributed by atoms with Crippen LogP contribution in [0.3, 0.4) is 0 Å². The molecule has 1 fully saturated rings. The van der Waals surface area contributed by atoms with Gasteiger partial charge in [0.25, 0.3) is 5.91 Å². The topological polar surface area (TPSA) is 60.2 Å². The number of aromatic nitrogens is 3. The second kappa shape index (κ2) is 9.07. The monoisotopic (exact) mass is 408 g/mol. The zero-order valence-corrected chi connectivity index (χ0v) is 17.0. The number of aryl methyl sites for hydroxylation is 1. The summed E-state index contributed by atoms with van der Waals surface area (Å²) >= 11 is 0. The number of likely N-dealkylation sites (tertiary alicyclic amines) is 1. The van der Waals surface area contributed by atoms with Crippen LogP contribution in [0.4, 0.5) is 4.39 Å². The second-order valence-corrected chi connectivity index (χ2v) is 7.41. The van der Waals surface area contributed by atoms with Crippen LogP contribution in [0.2, 0.25) is 0 Å². The molecule has 0 unspecified atom stereocenters. The third kappa shape index (κ3) is 4.50. The van der Waals surface area contributed by atoms with Crippen LogP contribution in [0.15, 0.2) is 54.9 Å². The Kier molecular flexibility index (Phi) is 6.07. The summed E-state index contributed by atoms with van der Waals surface area (Å²) in [6, 6.07) is 11.7. The standard InChI is InChI=1S/C23H25FN4O2/c1-2-21-25-12-14-28(21)22-7-3-6-20(26-22)17-5-4-13-27(15-17)23(29)16-30-19-10-8-18(24)9-11-19/h3,6-12,14,17H,2,4-5,13,15-16H2,1H3/t17-/m1/s1. The van der Waals surface area contributed by atoms with E-state index in [2.05, 4.69) is 11.9 Å². The number of ether oxygens (including phenoxy) is 1. The quantitative estimate of drug-likeness (QED) is 0.623. The molecule has 156 valence electrons. The summed E-state index contributed by atoms with van der Waals surface area (Å²) in [7, 11) is 0. The lowest BCUT2D eigenvalue weighted by Crippen LogP contribution is -2.41. The van der Waals surface area contributed by atoms with Crippen LogP contribution in [0.25, 0.3) is 5.82 Å². The fraction of sp³-hybridized carbons (Fsp3) is 0.348. The Bertz CT molecular complexity index is 1000. The molecule has 1 saturated heterocycles. The number of hydrogen-bond donors (Lipinski definition) is 0. The average Bonchev–Trinajstić information content (AvgIpc) is 3.28. The third-order valence-corrected chi connectivity index (χ3v) is 5.40. The van der Waals surface area contributed by atoms with Crippen LogP contribution < -0.4 is 4.74 Å². The van der Waals surface area contributed by atoms with Gasteiger partial charge in [-0.25, -0.2) is 14.4 Å². The van der Waals surface area contributed by atoms with Gasteiger partial charge in [0.1, 0.15) is 23.2 Å². The first-order valence-corrected chi connectivity index (χ1v) is 10.3. The summed E-state index contributed by atoms with van der Waals surface area (Å²) in [5.41, 5.74) is 0.986. The van der Waals surface area contributed by atoms with Crippen LogP contribution in [-0.2, 0) is 11.2 Å². The summed E-state index contributed by atoms with van der Waals surface area (Å²) in [6.45, 7) is 3.35. The Labute approximate surface area is 175 Å². The Morgan fingerprint density at radius 2 is 2.07 bits per heavy atom. The number of hydrogen-bond acceptors (Lipinski definition) is 4. The fourth-order valence-electron chi connectivity index (χ4n) is 3.82. The molecule has 0 spiro atoms. The molecule has 7 heteroatoms. The minimum atomic E-state index is -0.330. The largest absolute Gasteiger partial charge is 0.484 e. The predicted molar refractivity (Wildman–Crippen MR) is 111 cm³/mol. The maximum absolute atomic E-state index is 13.0. The van der Waals surface area contributed by atoms with Crippen molar-refractivity contribution in [3.05, 3.63) is 72.2 Å². The number of rotatable bonds is 6. The minimum absolute atomic E-state index is 0.0548. The van der Waals surface area contributed by atoms with Crippen molar-refractivity contribution in [1.29, 1.82) is 0 Å². The number of benzene rings is 1. The Hall–Kier alpha value is -3.22. The van der Waals surface area contributed by atoms with Gasteiger partial charge in [-0.1, -0.05) is 13.0 Å². The molecular formula is C23H25FN4O2. The first kappa shape index (κ1) is 20.1. The van der Waals surface area contributed by atoms with E-state index >= 15 is 0 Å². The van der Waals surface area contributed by atoms with Crippen molar-refractivity contribution in [2.24, 2.45) is 0 Å². The molecule has 1 amide bonds. The van der Waals surface area contributed by atoms with E-state index in [0.717, 1.165) is 36.6 Å². The van der Waals surface area contributed by atoms with Gasteiger partial charge in [-0.2, -0.15) is 0 Å². The molecule has 0 N–H and O–H groups in total. The number of imidazole rings is 1. The molecule has 2 aromatic heterocycles. The smallest absolute Gasteiger partial charge is 0.260 e. The molecule has 1 aliphatic rings. The minimum Gasteiger partial charge on any atom is -0.484 e. The molecule has 1 aliphatic heterocycles. The van der Waals surface area contributed by atoms with Crippen molar-refractivity contribution in [1.82, 2.24) is 19.4 Å². The maximum Gasteiger partial charge on any atom is 0.260 e. The van der Waals surface area contributed by atoms with Crippen LogP contribution >= 0.6 is 0 Å². The molecule has 0 aliphatic carbocycles. The normalized spacial score (nSPS) is 16.5. The van der Waals surface area contributed by atoms with Crippen molar-refractivity contribution < 1.29 is 13.9 Å². The van der Waals surface area contributed by atoms with Crippen molar-refractivity contribution in [2.75, 3.05) is 19.7 Å². The van der Waals surface area contributed by atoms with Gasteiger partial charge in [0.15, 0.2) is 6.61 Å². The highest BCUT2D eigenvalue weighted by Crippen LogP contribution is 2.26. The molecule has 1 atom stereocenters. The van der Waals surface area contributed by atoms with Crippen LogP contribution in [0.5, 0.6) is 5.75 Å². The van der Waals surface area contributed by atoms with Crippen LogP contribution in [0.1, 0.15) is 37.2 Å². The number of piperidine rings is 1. The Morgan fingerprint density at radius 3 is 2.87 bits per heavy atom. The van der Waals surface area contributed by atoms with Gasteiger partial charge < -0.3 is 9.64 Å². The number of carbonyl (C=O) groups is 1. The highest BCUT2D eigenvalue weighted by atomic mass is 19.1. The number of halogens is 1. The Morgan fingerprint density at radius 1 is 1.23 bits per heavy atom. The molecule has 6 nitrogen and oxygen atoms in total. The molecule has 4 rings (SSSR count). The van der Waals surface area contributed by atoms with Crippen molar-refractivity contribution >= 4 is 5.91 Å².